The van der Waals surface area contributed by atoms with Gasteiger partial charge in [-0.3, -0.25) is 14.3 Å². The van der Waals surface area contributed by atoms with Gasteiger partial charge in [0.05, 0.1) is 23.5 Å². The highest BCUT2D eigenvalue weighted by Crippen LogP contribution is 2.38. The van der Waals surface area contributed by atoms with Gasteiger partial charge in [-0.15, -0.1) is 0 Å². The maximum absolute atomic E-state index is 13.5. The summed E-state index contributed by atoms with van der Waals surface area (Å²) in [7, 11) is 0. The number of carbonyl (C=O) groups is 1. The number of pyridine rings is 1. The minimum Gasteiger partial charge on any atom is -0.364 e. The Morgan fingerprint density at radius 1 is 1.34 bits per heavy atom. The molecular formula is C18H17ClF3N6O+. The van der Waals surface area contributed by atoms with E-state index in [9.17, 15) is 18.0 Å². The number of rotatable bonds is 4. The molecule has 3 aromatic rings. The van der Waals surface area contributed by atoms with Gasteiger partial charge in [-0.05, 0) is 6.07 Å². The van der Waals surface area contributed by atoms with Gasteiger partial charge in [0.1, 0.15) is 11.8 Å². The van der Waals surface area contributed by atoms with Gasteiger partial charge in [0.15, 0.2) is 12.6 Å². The molecule has 7 nitrogen and oxygen atoms in total. The Balaban J connectivity index is 1.85. The van der Waals surface area contributed by atoms with Gasteiger partial charge >= 0.3 is 6.18 Å². The number of primary amides is 1. The molecule has 3 N–H and O–H groups in total. The maximum atomic E-state index is 13.5. The Morgan fingerprint density at radius 3 is 2.86 bits per heavy atom. The SMILES string of the molecule is NC(=O)[C@@H]1CCC[N+]1(CC(F)(F)F)c1cncc(-c2c[nH]c3ncc(Cl)cc23)n1. The molecule has 4 rings (SSSR count). The number of carbonyl (C=O) groups excluding carboxylic acids is 1. The van der Waals surface area contributed by atoms with E-state index >= 15 is 0 Å². The Labute approximate surface area is 168 Å². The summed E-state index contributed by atoms with van der Waals surface area (Å²) in [5.74, 6) is -0.715. The molecule has 1 unspecified atom stereocenters. The van der Waals surface area contributed by atoms with Crippen LogP contribution in [-0.2, 0) is 4.79 Å². The molecule has 0 saturated carbocycles. The molecule has 1 amide bonds. The fourth-order valence-electron chi connectivity index (χ4n) is 4.11. The fourth-order valence-corrected chi connectivity index (χ4v) is 4.27. The summed E-state index contributed by atoms with van der Waals surface area (Å²) >= 11 is 6.03. The number of halogens is 4. The standard InChI is InChI=1S/C18H16ClF3N6O/c19-10-4-11-12(6-26-17(11)25-5-10)13-7-24-8-15(27-13)28(9-18(20,21)22)3-1-2-14(28)16(23)29/h4-8,14H,1-3,9H2,(H2-,23,25,26,27,29)/p+1/t14-,28?/m0/s1. The van der Waals surface area contributed by atoms with Gasteiger partial charge < -0.3 is 10.7 Å². The van der Waals surface area contributed by atoms with Gasteiger partial charge in [0.25, 0.3) is 5.91 Å². The Kier molecular flexibility index (Phi) is 4.70. The van der Waals surface area contributed by atoms with E-state index in [1.165, 1.54) is 18.6 Å². The molecule has 0 aromatic carbocycles. The average molecular weight is 426 g/mol. The second-order valence-electron chi connectivity index (χ2n) is 7.11. The molecule has 0 aliphatic carbocycles. The van der Waals surface area contributed by atoms with E-state index < -0.39 is 29.2 Å². The first-order valence-corrected chi connectivity index (χ1v) is 9.26. The predicted octanol–water partition coefficient (Wildman–Crippen LogP) is 3.19. The molecule has 1 saturated heterocycles. The quantitative estimate of drug-likeness (QED) is 0.627. The van der Waals surface area contributed by atoms with Crippen LogP contribution in [0.1, 0.15) is 12.8 Å². The van der Waals surface area contributed by atoms with Crippen molar-refractivity contribution < 1.29 is 18.0 Å². The van der Waals surface area contributed by atoms with Crippen LogP contribution in [0, 0.1) is 0 Å². The molecule has 11 heteroatoms. The third-order valence-electron chi connectivity index (χ3n) is 5.27. The Morgan fingerprint density at radius 2 is 2.14 bits per heavy atom. The number of alkyl halides is 3. The Bertz CT molecular complexity index is 1080. The number of likely N-dealkylation sites (tertiary alicyclic amines) is 1. The highest BCUT2D eigenvalue weighted by atomic mass is 35.5. The van der Waals surface area contributed by atoms with Crippen LogP contribution in [0.4, 0.5) is 19.0 Å². The molecular weight excluding hydrogens is 409 g/mol. The molecule has 1 aliphatic rings. The third-order valence-corrected chi connectivity index (χ3v) is 5.48. The van der Waals surface area contributed by atoms with Crippen LogP contribution in [0.25, 0.3) is 22.3 Å². The van der Waals surface area contributed by atoms with Crippen LogP contribution in [0.2, 0.25) is 5.02 Å². The van der Waals surface area contributed by atoms with E-state index in [2.05, 4.69) is 19.9 Å². The average Bonchev–Trinajstić information content (AvgIpc) is 3.25. The van der Waals surface area contributed by atoms with E-state index in [1.807, 2.05) is 0 Å². The van der Waals surface area contributed by atoms with Crippen LogP contribution in [0.15, 0.2) is 30.9 Å². The zero-order chi connectivity index (χ0) is 20.8. The van der Waals surface area contributed by atoms with Gasteiger partial charge in [-0.25, -0.2) is 4.98 Å². The molecule has 0 spiro atoms. The van der Waals surface area contributed by atoms with Crippen LogP contribution in [0.3, 0.4) is 0 Å². The van der Waals surface area contributed by atoms with Crippen molar-refractivity contribution in [2.75, 3.05) is 13.1 Å². The predicted molar refractivity (Wildman–Crippen MR) is 102 cm³/mol. The van der Waals surface area contributed by atoms with Crippen molar-refractivity contribution >= 4 is 34.4 Å². The lowest BCUT2D eigenvalue weighted by molar-refractivity contribution is -0.149. The summed E-state index contributed by atoms with van der Waals surface area (Å²) in [6.07, 6.45) is 2.05. The zero-order valence-electron chi connectivity index (χ0n) is 15.1. The molecule has 4 heterocycles. The van der Waals surface area contributed by atoms with E-state index in [0.717, 1.165) is 0 Å². The van der Waals surface area contributed by atoms with Crippen molar-refractivity contribution in [1.29, 1.82) is 0 Å². The van der Waals surface area contributed by atoms with Gasteiger partial charge in [0.2, 0.25) is 5.82 Å². The highest BCUT2D eigenvalue weighted by Gasteiger charge is 2.54. The lowest BCUT2D eigenvalue weighted by atomic mass is 10.1. The number of nitrogens with two attached hydrogens (primary N) is 1. The van der Waals surface area contributed by atoms with Crippen molar-refractivity contribution in [2.24, 2.45) is 5.73 Å². The lowest BCUT2D eigenvalue weighted by Gasteiger charge is -2.37. The first-order valence-electron chi connectivity index (χ1n) is 8.88. The monoisotopic (exact) mass is 425 g/mol. The normalized spacial score (nSPS) is 22.3. The number of hydrogen-bond acceptors (Lipinski definition) is 4. The second kappa shape index (κ2) is 6.96. The molecule has 152 valence electrons. The largest absolute Gasteiger partial charge is 0.438 e. The van der Waals surface area contributed by atoms with Crippen LogP contribution < -0.4 is 10.2 Å². The van der Waals surface area contributed by atoms with Crippen LogP contribution in [0.5, 0.6) is 0 Å². The summed E-state index contributed by atoms with van der Waals surface area (Å²) in [6, 6.07) is 0.673. The number of amides is 1. The Hall–Kier alpha value is -2.72. The second-order valence-corrected chi connectivity index (χ2v) is 7.54. The van der Waals surface area contributed by atoms with Gasteiger partial charge in [-0.2, -0.15) is 18.2 Å². The third kappa shape index (κ3) is 3.53. The van der Waals surface area contributed by atoms with Crippen molar-refractivity contribution in [1.82, 2.24) is 24.4 Å². The van der Waals surface area contributed by atoms with E-state index in [-0.39, 0.29) is 18.8 Å². The number of fused-ring (bicyclic) bond motifs is 1. The summed E-state index contributed by atoms with van der Waals surface area (Å²) in [5, 5.41) is 1.08. The number of H-pyrrole nitrogens is 1. The highest BCUT2D eigenvalue weighted by molar-refractivity contribution is 6.31. The zero-order valence-corrected chi connectivity index (χ0v) is 15.8. The van der Waals surface area contributed by atoms with E-state index in [1.54, 1.807) is 12.3 Å². The van der Waals surface area contributed by atoms with E-state index in [4.69, 9.17) is 17.3 Å². The summed E-state index contributed by atoms with van der Waals surface area (Å²) in [4.78, 5) is 27.7. The van der Waals surface area contributed by atoms with Crippen molar-refractivity contribution in [3.8, 4) is 11.3 Å². The topological polar surface area (TPSA) is 97.6 Å². The van der Waals surface area contributed by atoms with Crippen molar-refractivity contribution in [3.05, 3.63) is 35.9 Å². The van der Waals surface area contributed by atoms with Gasteiger partial charge in [0, 0.05) is 36.2 Å². The first-order chi connectivity index (χ1) is 13.7. The fraction of sp³-hybridized carbons (Fsp3) is 0.333. The smallest absolute Gasteiger partial charge is 0.364 e. The number of aromatic amines is 1. The summed E-state index contributed by atoms with van der Waals surface area (Å²) in [5.41, 5.74) is 6.97. The number of quaternary nitrogens is 1. The minimum absolute atomic E-state index is 0.0606. The van der Waals surface area contributed by atoms with Crippen LogP contribution in [-0.4, -0.2) is 51.2 Å². The molecule has 1 aliphatic heterocycles. The molecule has 0 radical (unpaired) electrons. The van der Waals surface area contributed by atoms with Crippen molar-refractivity contribution in [3.63, 3.8) is 0 Å². The van der Waals surface area contributed by atoms with Gasteiger partial charge in [-0.1, -0.05) is 11.6 Å². The summed E-state index contributed by atoms with van der Waals surface area (Å²) < 4.78 is 39.7. The molecule has 2 atom stereocenters. The number of nitrogens with zero attached hydrogens (tertiary/aromatic N) is 4. The maximum Gasteiger partial charge on any atom is 0.438 e. The first kappa shape index (κ1) is 19.6. The lowest BCUT2D eigenvalue weighted by Crippen LogP contribution is -2.62. The molecule has 29 heavy (non-hydrogen) atoms. The van der Waals surface area contributed by atoms with E-state index in [0.29, 0.717) is 33.7 Å². The number of aromatic nitrogens is 4. The molecule has 1 fully saturated rings. The molecule has 0 bridgehead atoms. The minimum atomic E-state index is -4.51. The van der Waals surface area contributed by atoms with Crippen molar-refractivity contribution in [2.45, 2.75) is 25.1 Å². The summed E-state index contributed by atoms with van der Waals surface area (Å²) in [6.45, 7) is -1.13. The molecule has 3 aromatic heterocycles. The van der Waals surface area contributed by atoms with Crippen LogP contribution >= 0.6 is 11.6 Å². The number of nitrogens with one attached hydrogen (secondary N) is 1. The number of hydrogen-bond donors (Lipinski definition) is 2.